The van der Waals surface area contributed by atoms with Gasteiger partial charge in [0.15, 0.2) is 0 Å². The molecule has 21 rings (SSSR count). The lowest BCUT2D eigenvalue weighted by molar-refractivity contribution is 0.414. The summed E-state index contributed by atoms with van der Waals surface area (Å²) in [4.78, 5) is 17.7. The van der Waals surface area contributed by atoms with Crippen molar-refractivity contribution in [3.63, 3.8) is 0 Å². The summed E-state index contributed by atoms with van der Waals surface area (Å²) in [6, 6.07) is 127. The first-order valence-corrected chi connectivity index (χ1v) is 45.9. The minimum Gasteiger partial charge on any atom is -0.497 e. The summed E-state index contributed by atoms with van der Waals surface area (Å²) in [5, 5.41) is 25.6. The second kappa shape index (κ2) is 35.1. The maximum absolute atomic E-state index is 10.7. The molecule has 1 aliphatic rings. The Hall–Kier alpha value is -16.2. The molecule has 0 N–H and O–H groups in total. The summed E-state index contributed by atoms with van der Waals surface area (Å²) < 4.78 is 49.9. The number of methoxy groups -OCH3 is 8. The van der Waals surface area contributed by atoms with E-state index in [1.165, 1.54) is 0 Å². The van der Waals surface area contributed by atoms with Crippen LogP contribution in [0.1, 0.15) is 11.1 Å². The Bertz CT molecular complexity index is 6900. The van der Waals surface area contributed by atoms with Crippen molar-refractivity contribution in [3.05, 3.63) is 369 Å². The van der Waals surface area contributed by atoms with Crippen molar-refractivity contribution in [2.24, 2.45) is 0 Å². The summed E-state index contributed by atoms with van der Waals surface area (Å²) in [7, 11) is 13.5. The van der Waals surface area contributed by atoms with Crippen LogP contribution in [0, 0.1) is 22.7 Å². The molecular formula is C112H82N8O8S4. The van der Waals surface area contributed by atoms with Crippen LogP contribution in [0.25, 0.3) is 111 Å². The Morgan fingerprint density at radius 3 is 0.652 bits per heavy atom. The number of benzene rings is 14. The van der Waals surface area contributed by atoms with Crippen molar-refractivity contribution in [2.75, 3.05) is 76.5 Å². The number of nitriles is 2. The molecule has 6 heterocycles. The first-order valence-electron chi connectivity index (χ1n) is 42.6. The van der Waals surface area contributed by atoms with Gasteiger partial charge in [-0.3, -0.25) is 0 Å². The fourth-order valence-corrected chi connectivity index (χ4v) is 22.5. The third-order valence-corrected chi connectivity index (χ3v) is 29.4. The van der Waals surface area contributed by atoms with Gasteiger partial charge in [0, 0.05) is 147 Å². The van der Waals surface area contributed by atoms with E-state index in [0.717, 1.165) is 231 Å². The largest absolute Gasteiger partial charge is 0.497 e. The summed E-state index contributed by atoms with van der Waals surface area (Å²) in [6.07, 6.45) is 0. The summed E-state index contributed by atoms with van der Waals surface area (Å²) in [5.41, 5.74) is 22.5. The molecule has 0 fully saturated rings. The lowest BCUT2D eigenvalue weighted by Crippen LogP contribution is -2.10. The van der Waals surface area contributed by atoms with Crippen molar-refractivity contribution in [3.8, 4) is 120 Å². The predicted molar refractivity (Wildman–Crippen MR) is 542 cm³/mol. The molecule has 0 saturated heterocycles. The van der Waals surface area contributed by atoms with Gasteiger partial charge in [0.05, 0.1) is 88.7 Å². The van der Waals surface area contributed by atoms with E-state index in [9.17, 15) is 10.5 Å². The van der Waals surface area contributed by atoms with E-state index in [0.29, 0.717) is 5.57 Å². The van der Waals surface area contributed by atoms with Crippen LogP contribution in [0.2, 0.25) is 0 Å². The molecule has 0 amide bonds. The molecule has 0 radical (unpaired) electrons. The minimum absolute atomic E-state index is 0.0947. The molecule has 14 aromatic carbocycles. The Kier molecular flexibility index (Phi) is 22.0. The SMILES string of the molecule is COc1ccc(N(c2ccc(OC)cc2)c2ccc3c(c2)c2cc(N(c4ccc(OC)cc4)c4ccc(OC)cc4)ccc2n3-c2ccc(-c3ccc(-c4cc5c(s4)-c4sc(-c6ccc(-c7ccc(-n8c9ccc(N(c%10ccc(OC)cc%10)c%10ccc(OC)cc%10)cc9c9cc(N(c%10ccc(OC)cc%10)c%10ccc(OC)cc%10)ccc98)cc7)s6)cc4C5=C(C#N)C#N)s3)cc2)cc1. The Labute approximate surface area is 779 Å². The van der Waals surface area contributed by atoms with Gasteiger partial charge in [0.2, 0.25) is 0 Å². The molecule has 132 heavy (non-hydrogen) atoms. The molecule has 20 aromatic rings. The molecule has 0 spiro atoms. The van der Waals surface area contributed by atoms with Crippen LogP contribution in [-0.4, -0.2) is 66.0 Å². The highest BCUT2D eigenvalue weighted by Crippen LogP contribution is 2.58. The van der Waals surface area contributed by atoms with Gasteiger partial charge in [-0.1, -0.05) is 24.3 Å². The van der Waals surface area contributed by atoms with Gasteiger partial charge in [-0.15, -0.1) is 45.3 Å². The number of allylic oxidation sites excluding steroid dienone is 1. The number of hydrogen-bond donors (Lipinski definition) is 0. The summed E-state index contributed by atoms with van der Waals surface area (Å²) in [6.45, 7) is 0. The third-order valence-electron chi connectivity index (χ3n) is 24.3. The smallest absolute Gasteiger partial charge is 0.138 e. The molecule has 16 nitrogen and oxygen atoms in total. The molecule has 642 valence electrons. The first kappa shape index (κ1) is 82.8. The number of rotatable bonds is 26. The number of ether oxygens (including phenoxy) is 8. The normalized spacial score (nSPS) is 11.5. The zero-order chi connectivity index (χ0) is 89.8. The number of thiophene rings is 4. The fourth-order valence-electron chi connectivity index (χ4n) is 17.8. The molecular weight excluding hydrogens is 1710 g/mol. The van der Waals surface area contributed by atoms with Gasteiger partial charge >= 0.3 is 0 Å². The van der Waals surface area contributed by atoms with Crippen molar-refractivity contribution in [2.45, 2.75) is 0 Å². The number of aromatic nitrogens is 2. The molecule has 1 aliphatic carbocycles. The van der Waals surface area contributed by atoms with Gasteiger partial charge in [-0.05, 0) is 339 Å². The van der Waals surface area contributed by atoms with Crippen molar-refractivity contribution >= 4 is 163 Å². The lowest BCUT2D eigenvalue weighted by atomic mass is 10.0. The molecule has 20 heteroatoms. The summed E-state index contributed by atoms with van der Waals surface area (Å²) >= 11 is 6.89. The van der Waals surface area contributed by atoms with Crippen LogP contribution in [0.15, 0.2) is 357 Å². The highest BCUT2D eigenvalue weighted by Gasteiger charge is 2.34. The van der Waals surface area contributed by atoms with Crippen LogP contribution < -0.4 is 57.5 Å². The van der Waals surface area contributed by atoms with E-state index in [4.69, 9.17) is 37.9 Å². The molecule has 0 atom stereocenters. The minimum atomic E-state index is 0.0947. The van der Waals surface area contributed by atoms with Crippen molar-refractivity contribution in [1.82, 2.24) is 9.13 Å². The van der Waals surface area contributed by atoms with Crippen LogP contribution in [0.5, 0.6) is 46.0 Å². The van der Waals surface area contributed by atoms with Gasteiger partial charge in [-0.25, -0.2) is 0 Å². The predicted octanol–water partition coefficient (Wildman–Crippen LogP) is 30.6. The second-order valence-corrected chi connectivity index (χ2v) is 35.8. The van der Waals surface area contributed by atoms with Gasteiger partial charge in [0.25, 0.3) is 0 Å². The quantitative estimate of drug-likeness (QED) is 0.0474. The molecule has 6 aromatic heterocycles. The van der Waals surface area contributed by atoms with Crippen molar-refractivity contribution < 1.29 is 37.9 Å². The van der Waals surface area contributed by atoms with Gasteiger partial charge in [-0.2, -0.15) is 10.5 Å². The van der Waals surface area contributed by atoms with Crippen LogP contribution in [0.3, 0.4) is 0 Å². The average Bonchev–Trinajstić information content (AvgIpc) is 1.63. The molecule has 0 unspecified atom stereocenters. The van der Waals surface area contributed by atoms with E-state index < -0.39 is 0 Å². The molecule has 0 saturated carbocycles. The van der Waals surface area contributed by atoms with Crippen molar-refractivity contribution in [1.29, 1.82) is 10.5 Å². The maximum Gasteiger partial charge on any atom is 0.138 e. The van der Waals surface area contributed by atoms with Gasteiger partial charge < -0.3 is 66.6 Å². The van der Waals surface area contributed by atoms with Gasteiger partial charge in [0.1, 0.15) is 63.7 Å². The Morgan fingerprint density at radius 2 is 0.439 bits per heavy atom. The average molecular weight is 1800 g/mol. The van der Waals surface area contributed by atoms with E-state index >= 15 is 0 Å². The topological polar surface area (TPSA) is 144 Å². The number of nitrogens with zero attached hydrogens (tertiary/aromatic N) is 8. The number of anilines is 12. The zero-order valence-electron chi connectivity index (χ0n) is 73.0. The standard InChI is InChI=1S/C112H82N8O8S4/c1-121-86-37-17-72(18-38-86)115(73-19-39-87(122-2)40-20-73)82-33-53-100-94(61-82)95-62-83(116(74-21-41-88(123-3)42-22-74)75-23-43-89(124-4)44-24-75)34-54-101(95)119(100)80-13-9-69(10-14-80)104-57-59-106(129-104)108-65-98-110(71(67-113)68-114)99-66-109(132-112(99)111(98)131-108)107-60-58-105(130-107)70-11-15-81(16-12-70)120-102-55-35-84(117(76-25-45-90(125-5)46-26-76)77-27-47-91(126-6)48-28-77)63-96(102)97-64-85(36-56-103(97)120)118(78-29-49-92(127-7)50-30-78)79-31-51-93(128-8)52-32-79/h9-66H,1-8H3. The number of hydrogen-bond acceptors (Lipinski definition) is 18. The maximum atomic E-state index is 10.7. The lowest BCUT2D eigenvalue weighted by Gasteiger charge is -2.26. The first-order chi connectivity index (χ1) is 64.9. The third kappa shape index (κ3) is 15.1. The highest BCUT2D eigenvalue weighted by atomic mass is 32.1. The number of fused-ring (bicyclic) bond motifs is 9. The summed E-state index contributed by atoms with van der Waals surface area (Å²) in [5.74, 6) is 6.12. The zero-order valence-corrected chi connectivity index (χ0v) is 76.2. The molecule has 0 aliphatic heterocycles. The van der Waals surface area contributed by atoms with E-state index in [1.807, 2.05) is 97.1 Å². The van der Waals surface area contributed by atoms with E-state index in [2.05, 4.69) is 296 Å². The second-order valence-electron chi connectivity index (χ2n) is 31.5. The van der Waals surface area contributed by atoms with Crippen LogP contribution >= 0.6 is 45.3 Å². The van der Waals surface area contributed by atoms with Crippen LogP contribution in [-0.2, 0) is 0 Å². The Morgan fingerprint density at radius 1 is 0.227 bits per heavy atom. The van der Waals surface area contributed by atoms with E-state index in [1.54, 1.807) is 102 Å². The monoisotopic (exact) mass is 1790 g/mol. The van der Waals surface area contributed by atoms with Crippen LogP contribution in [0.4, 0.5) is 68.2 Å². The molecule has 0 bridgehead atoms. The highest BCUT2D eigenvalue weighted by molar-refractivity contribution is 7.30. The Balaban J connectivity index is 0.597. The van der Waals surface area contributed by atoms with E-state index in [-0.39, 0.29) is 5.57 Å². The fraction of sp³-hybridized carbons (Fsp3) is 0.0714.